The van der Waals surface area contributed by atoms with Gasteiger partial charge in [-0.25, -0.2) is 8.42 Å². The van der Waals surface area contributed by atoms with E-state index in [1.807, 2.05) is 6.92 Å². The number of hydrogen-bond acceptors (Lipinski definition) is 4. The van der Waals surface area contributed by atoms with E-state index in [9.17, 15) is 13.2 Å². The van der Waals surface area contributed by atoms with Gasteiger partial charge in [0, 0.05) is 31.7 Å². The van der Waals surface area contributed by atoms with Gasteiger partial charge < -0.3 is 11.1 Å². The lowest BCUT2D eigenvalue weighted by Gasteiger charge is -2.34. The summed E-state index contributed by atoms with van der Waals surface area (Å²) in [6, 6.07) is 4.66. The van der Waals surface area contributed by atoms with Crippen molar-refractivity contribution in [2.24, 2.45) is 5.73 Å². The van der Waals surface area contributed by atoms with Crippen molar-refractivity contribution in [3.8, 4) is 0 Å². The average molecular weight is 325 g/mol. The summed E-state index contributed by atoms with van der Waals surface area (Å²) in [4.78, 5) is 11.4. The minimum Gasteiger partial charge on any atom is -0.329 e. The van der Waals surface area contributed by atoms with Crippen molar-refractivity contribution in [2.45, 2.75) is 44.0 Å². The molecule has 0 aliphatic carbocycles. The Morgan fingerprint density at radius 3 is 2.77 bits per heavy atom. The number of nitrogens with one attached hydrogen (secondary N) is 1. The van der Waals surface area contributed by atoms with E-state index in [1.54, 1.807) is 12.1 Å². The number of carbonyl (C=O) groups excluding carboxylic acids is 1. The third-order valence-electron chi connectivity index (χ3n) is 3.97. The molecule has 1 fully saturated rings. The van der Waals surface area contributed by atoms with E-state index in [2.05, 4.69) is 5.32 Å². The average Bonchev–Trinajstić information content (AvgIpc) is 2.48. The van der Waals surface area contributed by atoms with Crippen molar-refractivity contribution in [3.63, 3.8) is 0 Å². The molecular formula is C15H23N3O3S. The molecule has 1 aliphatic rings. The van der Waals surface area contributed by atoms with Crippen LogP contribution in [0.15, 0.2) is 23.1 Å². The SMILES string of the molecule is CC(=O)Nc1cc(S(=O)(=O)N2CCCCC2CN)ccc1C. The second-order valence-electron chi connectivity index (χ2n) is 5.66. The van der Waals surface area contributed by atoms with Crippen molar-refractivity contribution < 1.29 is 13.2 Å². The van der Waals surface area contributed by atoms with Crippen LogP contribution in [-0.2, 0) is 14.8 Å². The molecule has 1 atom stereocenters. The van der Waals surface area contributed by atoms with Crippen LogP contribution in [0.3, 0.4) is 0 Å². The highest BCUT2D eigenvalue weighted by atomic mass is 32.2. The van der Waals surface area contributed by atoms with Crippen LogP contribution in [0.4, 0.5) is 5.69 Å². The maximum atomic E-state index is 12.9. The number of hydrogen-bond donors (Lipinski definition) is 2. The maximum absolute atomic E-state index is 12.9. The molecule has 1 unspecified atom stereocenters. The summed E-state index contributed by atoms with van der Waals surface area (Å²) in [5, 5.41) is 2.67. The molecule has 0 aromatic heterocycles. The van der Waals surface area contributed by atoms with Crippen LogP contribution in [0.2, 0.25) is 0 Å². The van der Waals surface area contributed by atoms with Crippen LogP contribution < -0.4 is 11.1 Å². The molecule has 0 saturated carbocycles. The third kappa shape index (κ3) is 3.48. The number of rotatable bonds is 4. The number of nitrogens with two attached hydrogens (primary N) is 1. The first-order chi connectivity index (χ1) is 10.4. The van der Waals surface area contributed by atoms with Crippen LogP contribution >= 0.6 is 0 Å². The smallest absolute Gasteiger partial charge is 0.243 e. The highest BCUT2D eigenvalue weighted by Crippen LogP contribution is 2.27. The normalized spacial score (nSPS) is 19.9. The molecule has 1 heterocycles. The minimum absolute atomic E-state index is 0.149. The number of aryl methyl sites for hydroxylation is 1. The maximum Gasteiger partial charge on any atom is 0.243 e. The minimum atomic E-state index is -3.60. The second-order valence-corrected chi connectivity index (χ2v) is 7.55. The van der Waals surface area contributed by atoms with Crippen LogP contribution in [0.25, 0.3) is 0 Å². The molecule has 1 saturated heterocycles. The van der Waals surface area contributed by atoms with Gasteiger partial charge in [0.05, 0.1) is 4.90 Å². The predicted octanol–water partition coefficient (Wildman–Crippen LogP) is 1.46. The fourth-order valence-electron chi connectivity index (χ4n) is 2.75. The van der Waals surface area contributed by atoms with E-state index in [0.29, 0.717) is 18.8 Å². The molecule has 1 amide bonds. The topological polar surface area (TPSA) is 92.5 Å². The monoisotopic (exact) mass is 325 g/mol. The van der Waals surface area contributed by atoms with Gasteiger partial charge in [0.15, 0.2) is 0 Å². The van der Waals surface area contributed by atoms with Gasteiger partial charge in [0.1, 0.15) is 0 Å². The fourth-order valence-corrected chi connectivity index (χ4v) is 4.48. The largest absolute Gasteiger partial charge is 0.329 e. The van der Waals surface area contributed by atoms with Crippen molar-refractivity contribution in [3.05, 3.63) is 23.8 Å². The van der Waals surface area contributed by atoms with Gasteiger partial charge in [-0.1, -0.05) is 12.5 Å². The van der Waals surface area contributed by atoms with Crippen LogP contribution in [0.5, 0.6) is 0 Å². The fraction of sp³-hybridized carbons (Fsp3) is 0.533. The number of nitrogens with zero attached hydrogens (tertiary/aromatic N) is 1. The van der Waals surface area contributed by atoms with Gasteiger partial charge in [-0.05, 0) is 37.5 Å². The Labute approximate surface area is 131 Å². The second kappa shape index (κ2) is 6.76. The number of carbonyl (C=O) groups is 1. The molecule has 1 aromatic carbocycles. The molecule has 6 nitrogen and oxygen atoms in total. The standard InChI is InChI=1S/C15H23N3O3S/c1-11-6-7-14(9-15(11)17-12(2)19)22(20,21)18-8-4-3-5-13(18)10-16/h6-7,9,13H,3-5,8,10,16H2,1-2H3,(H,17,19). The van der Waals surface area contributed by atoms with E-state index < -0.39 is 10.0 Å². The van der Waals surface area contributed by atoms with E-state index in [-0.39, 0.29) is 16.8 Å². The number of anilines is 1. The molecular weight excluding hydrogens is 302 g/mol. The van der Waals surface area contributed by atoms with Crippen LogP contribution in [-0.4, -0.2) is 37.8 Å². The summed E-state index contributed by atoms with van der Waals surface area (Å²) in [6.45, 7) is 4.04. The number of sulfonamides is 1. The van der Waals surface area contributed by atoms with Gasteiger partial charge in [0.2, 0.25) is 15.9 Å². The molecule has 0 spiro atoms. The Bertz CT molecular complexity index is 658. The van der Waals surface area contributed by atoms with Gasteiger partial charge in [0.25, 0.3) is 0 Å². The number of amides is 1. The molecule has 0 radical (unpaired) electrons. The predicted molar refractivity (Wildman–Crippen MR) is 86.1 cm³/mol. The lowest BCUT2D eigenvalue weighted by atomic mass is 10.1. The van der Waals surface area contributed by atoms with Crippen molar-refractivity contribution in [2.75, 3.05) is 18.4 Å². The molecule has 2 rings (SSSR count). The van der Waals surface area contributed by atoms with Crippen molar-refractivity contribution in [1.29, 1.82) is 0 Å². The summed E-state index contributed by atoms with van der Waals surface area (Å²) in [5.74, 6) is -0.226. The van der Waals surface area contributed by atoms with Gasteiger partial charge in [-0.2, -0.15) is 4.31 Å². The highest BCUT2D eigenvalue weighted by molar-refractivity contribution is 7.89. The van der Waals surface area contributed by atoms with E-state index in [1.165, 1.54) is 17.3 Å². The van der Waals surface area contributed by atoms with E-state index >= 15 is 0 Å². The first-order valence-electron chi connectivity index (χ1n) is 7.46. The molecule has 22 heavy (non-hydrogen) atoms. The Morgan fingerprint density at radius 2 is 2.14 bits per heavy atom. The van der Waals surface area contributed by atoms with Crippen LogP contribution in [0, 0.1) is 6.92 Å². The molecule has 1 aliphatic heterocycles. The molecule has 1 aromatic rings. The molecule has 0 bridgehead atoms. The molecule has 3 N–H and O–H groups in total. The third-order valence-corrected chi connectivity index (χ3v) is 5.92. The zero-order valence-electron chi connectivity index (χ0n) is 13.0. The molecule has 7 heteroatoms. The lowest BCUT2D eigenvalue weighted by molar-refractivity contribution is -0.114. The van der Waals surface area contributed by atoms with Gasteiger partial charge in [-0.15, -0.1) is 0 Å². The van der Waals surface area contributed by atoms with E-state index in [4.69, 9.17) is 5.73 Å². The summed E-state index contributed by atoms with van der Waals surface area (Å²) < 4.78 is 27.2. The van der Waals surface area contributed by atoms with Crippen molar-refractivity contribution >= 4 is 21.6 Å². The Hall–Kier alpha value is -1.44. The first-order valence-corrected chi connectivity index (χ1v) is 8.90. The quantitative estimate of drug-likeness (QED) is 0.876. The Kier molecular flexibility index (Phi) is 5.20. The number of piperidine rings is 1. The summed E-state index contributed by atoms with van der Waals surface area (Å²) in [6.07, 6.45) is 2.64. The highest BCUT2D eigenvalue weighted by Gasteiger charge is 2.32. The zero-order valence-corrected chi connectivity index (χ0v) is 13.8. The van der Waals surface area contributed by atoms with Gasteiger partial charge >= 0.3 is 0 Å². The Morgan fingerprint density at radius 1 is 1.41 bits per heavy atom. The lowest BCUT2D eigenvalue weighted by Crippen LogP contribution is -2.47. The molecule has 122 valence electrons. The number of benzene rings is 1. The van der Waals surface area contributed by atoms with Crippen molar-refractivity contribution in [1.82, 2.24) is 4.31 Å². The Balaban J connectivity index is 2.38. The summed E-state index contributed by atoms with van der Waals surface area (Å²) in [5.41, 5.74) is 7.07. The van der Waals surface area contributed by atoms with Crippen LogP contribution in [0.1, 0.15) is 31.7 Å². The van der Waals surface area contributed by atoms with E-state index in [0.717, 1.165) is 24.8 Å². The zero-order chi connectivity index (χ0) is 16.3. The summed E-state index contributed by atoms with van der Waals surface area (Å²) in [7, 11) is -3.60. The van der Waals surface area contributed by atoms with Gasteiger partial charge in [-0.3, -0.25) is 4.79 Å². The summed E-state index contributed by atoms with van der Waals surface area (Å²) >= 11 is 0. The first kappa shape index (κ1) is 16.9.